The van der Waals surface area contributed by atoms with Gasteiger partial charge in [0, 0.05) is 0 Å². The molecule has 0 aromatic carbocycles. The summed E-state index contributed by atoms with van der Waals surface area (Å²) in [5.74, 6) is -0.166. The summed E-state index contributed by atoms with van der Waals surface area (Å²) in [5.41, 5.74) is 1.24. The molecule has 0 amide bonds. The number of fused-ring (bicyclic) bond motifs is 1. The lowest BCUT2D eigenvalue weighted by Crippen LogP contribution is -2.27. The molecule has 0 bridgehead atoms. The summed E-state index contributed by atoms with van der Waals surface area (Å²) >= 11 is 0. The van der Waals surface area contributed by atoms with Crippen molar-refractivity contribution in [1.82, 2.24) is 0 Å². The summed E-state index contributed by atoms with van der Waals surface area (Å²) < 4.78 is 0. The van der Waals surface area contributed by atoms with Gasteiger partial charge in [-0.1, -0.05) is 32.9 Å². The summed E-state index contributed by atoms with van der Waals surface area (Å²) in [7, 11) is 0. The Morgan fingerprint density at radius 2 is 1.87 bits per heavy atom. The Kier molecular flexibility index (Phi) is 5.63. The summed E-state index contributed by atoms with van der Waals surface area (Å²) in [6.45, 7) is 0. The van der Waals surface area contributed by atoms with E-state index in [-0.39, 0.29) is 20.8 Å². The zero-order valence-corrected chi connectivity index (χ0v) is 7.83. The molecule has 15 heavy (non-hydrogen) atoms. The highest BCUT2D eigenvalue weighted by molar-refractivity contribution is 5.74. The van der Waals surface area contributed by atoms with Crippen molar-refractivity contribution in [1.29, 1.82) is 0 Å². The van der Waals surface area contributed by atoms with Crippen molar-refractivity contribution in [2.45, 2.75) is 53.4 Å². The van der Waals surface area contributed by atoms with Gasteiger partial charge in [-0.05, 0) is 38.0 Å². The van der Waals surface area contributed by atoms with Gasteiger partial charge >= 0.3 is 5.97 Å². The van der Waals surface area contributed by atoms with Crippen LogP contribution in [0.2, 0.25) is 0 Å². The number of hydrogen-bond donors (Lipinski definition) is 1. The average Bonchev–Trinajstić information content (AvgIpc) is 2.17. The maximum Gasteiger partial charge on any atom is 0.310 e. The molecule has 0 radical (unpaired) electrons. The summed E-state index contributed by atoms with van der Waals surface area (Å²) in [5, 5.41) is 9.04. The lowest BCUT2D eigenvalue weighted by Gasteiger charge is -2.33. The Labute approximate surface area is 93.4 Å². The van der Waals surface area contributed by atoms with E-state index in [2.05, 4.69) is 6.08 Å². The topological polar surface area (TPSA) is 37.3 Å². The second-order valence-corrected chi connectivity index (χ2v) is 4.15. The van der Waals surface area contributed by atoms with E-state index in [1.54, 1.807) is 0 Å². The van der Waals surface area contributed by atoms with Crippen LogP contribution in [0.15, 0.2) is 11.6 Å². The molecule has 1 saturated carbocycles. The van der Waals surface area contributed by atoms with Crippen LogP contribution in [0, 0.1) is 11.8 Å². The predicted molar refractivity (Wildman–Crippen MR) is 63.9 cm³/mol. The predicted octanol–water partition coefficient (Wildman–Crippen LogP) is 3.87. The van der Waals surface area contributed by atoms with E-state index in [0.717, 1.165) is 19.3 Å². The minimum absolute atomic E-state index is 0. The standard InChI is InChI=1S/C11H16O2.2CH4/c12-11(13)10-7-3-5-8-4-1-2-6-9(8)10;;/h6,8,10H,1-5,7H2,(H,12,13);2*1H4. The number of hydrogen-bond acceptors (Lipinski definition) is 1. The molecule has 0 heterocycles. The highest BCUT2D eigenvalue weighted by Gasteiger charge is 2.32. The first-order valence-corrected chi connectivity index (χ1v) is 5.22. The van der Waals surface area contributed by atoms with Crippen molar-refractivity contribution in [3.05, 3.63) is 11.6 Å². The van der Waals surface area contributed by atoms with Crippen LogP contribution < -0.4 is 0 Å². The first-order chi connectivity index (χ1) is 6.29. The molecule has 2 rings (SSSR count). The first kappa shape index (κ1) is 14.2. The molecule has 0 saturated heterocycles. The Morgan fingerprint density at radius 1 is 1.20 bits per heavy atom. The molecule has 0 aliphatic heterocycles. The number of rotatable bonds is 1. The monoisotopic (exact) mass is 212 g/mol. The van der Waals surface area contributed by atoms with Gasteiger partial charge in [0.1, 0.15) is 0 Å². The Hall–Kier alpha value is -0.790. The van der Waals surface area contributed by atoms with Gasteiger partial charge in [0.15, 0.2) is 0 Å². The normalized spacial score (nSPS) is 28.9. The van der Waals surface area contributed by atoms with E-state index < -0.39 is 5.97 Å². The molecule has 2 aliphatic carbocycles. The second kappa shape index (κ2) is 5.94. The molecule has 0 aromatic heterocycles. The van der Waals surface area contributed by atoms with E-state index in [1.807, 2.05) is 0 Å². The first-order valence-electron chi connectivity index (χ1n) is 5.22. The molecule has 0 aromatic rings. The molecule has 2 heteroatoms. The van der Waals surface area contributed by atoms with Crippen LogP contribution in [0.5, 0.6) is 0 Å². The third-order valence-electron chi connectivity index (χ3n) is 3.35. The van der Waals surface area contributed by atoms with Gasteiger partial charge in [0.05, 0.1) is 5.92 Å². The molecule has 2 unspecified atom stereocenters. The van der Waals surface area contributed by atoms with Crippen LogP contribution in [-0.4, -0.2) is 11.1 Å². The molecule has 1 fully saturated rings. The maximum absolute atomic E-state index is 11.0. The number of carboxylic acids is 1. The maximum atomic E-state index is 11.0. The number of aliphatic carboxylic acids is 1. The number of carbonyl (C=O) groups is 1. The summed E-state index contributed by atoms with van der Waals surface area (Å²) in [6, 6.07) is 0. The molecular weight excluding hydrogens is 188 g/mol. The third kappa shape index (κ3) is 2.83. The van der Waals surface area contributed by atoms with Crippen molar-refractivity contribution in [2.24, 2.45) is 11.8 Å². The fourth-order valence-corrected chi connectivity index (χ4v) is 2.71. The van der Waals surface area contributed by atoms with Gasteiger partial charge in [-0.25, -0.2) is 0 Å². The van der Waals surface area contributed by atoms with Crippen molar-refractivity contribution in [3.63, 3.8) is 0 Å². The molecule has 2 aliphatic rings. The van der Waals surface area contributed by atoms with Crippen molar-refractivity contribution in [3.8, 4) is 0 Å². The van der Waals surface area contributed by atoms with Crippen LogP contribution in [0.4, 0.5) is 0 Å². The van der Waals surface area contributed by atoms with Crippen LogP contribution in [-0.2, 0) is 4.79 Å². The SMILES string of the molecule is C.C.O=C(O)C1CCCC2CCCC=C21. The minimum Gasteiger partial charge on any atom is -0.481 e. The van der Waals surface area contributed by atoms with E-state index in [0.29, 0.717) is 5.92 Å². The van der Waals surface area contributed by atoms with Gasteiger partial charge in [-0.2, -0.15) is 0 Å². The quantitative estimate of drug-likeness (QED) is 0.670. The van der Waals surface area contributed by atoms with Crippen LogP contribution in [0.25, 0.3) is 0 Å². The zero-order valence-electron chi connectivity index (χ0n) is 7.83. The zero-order chi connectivity index (χ0) is 9.26. The van der Waals surface area contributed by atoms with Gasteiger partial charge < -0.3 is 5.11 Å². The Bertz CT molecular complexity index is 243. The number of carboxylic acid groups (broad SMARTS) is 1. The third-order valence-corrected chi connectivity index (χ3v) is 3.35. The molecule has 2 nitrogen and oxygen atoms in total. The lowest BCUT2D eigenvalue weighted by molar-refractivity contribution is -0.141. The molecule has 1 N–H and O–H groups in total. The highest BCUT2D eigenvalue weighted by Crippen LogP contribution is 2.40. The second-order valence-electron chi connectivity index (χ2n) is 4.15. The smallest absolute Gasteiger partial charge is 0.310 e. The van der Waals surface area contributed by atoms with Crippen LogP contribution in [0.3, 0.4) is 0 Å². The van der Waals surface area contributed by atoms with Crippen molar-refractivity contribution < 1.29 is 9.90 Å². The highest BCUT2D eigenvalue weighted by atomic mass is 16.4. The molecular formula is C13H24O2. The number of allylic oxidation sites excluding steroid dienone is 1. The van der Waals surface area contributed by atoms with Gasteiger partial charge in [0.2, 0.25) is 0 Å². The lowest BCUT2D eigenvalue weighted by atomic mass is 9.72. The van der Waals surface area contributed by atoms with Crippen molar-refractivity contribution in [2.75, 3.05) is 0 Å². The summed E-state index contributed by atoms with van der Waals surface area (Å²) in [4.78, 5) is 11.0. The van der Waals surface area contributed by atoms with Gasteiger partial charge in [0.25, 0.3) is 0 Å². The van der Waals surface area contributed by atoms with E-state index in [9.17, 15) is 4.79 Å². The minimum atomic E-state index is -0.613. The van der Waals surface area contributed by atoms with E-state index in [4.69, 9.17) is 5.11 Å². The molecule has 2 atom stereocenters. The van der Waals surface area contributed by atoms with E-state index >= 15 is 0 Å². The molecule has 88 valence electrons. The van der Waals surface area contributed by atoms with E-state index in [1.165, 1.54) is 24.8 Å². The fourth-order valence-electron chi connectivity index (χ4n) is 2.71. The molecule has 0 spiro atoms. The van der Waals surface area contributed by atoms with Crippen molar-refractivity contribution >= 4 is 5.97 Å². The van der Waals surface area contributed by atoms with Gasteiger partial charge in [-0.3, -0.25) is 4.79 Å². The Morgan fingerprint density at radius 3 is 2.53 bits per heavy atom. The fraction of sp³-hybridized carbons (Fsp3) is 0.769. The van der Waals surface area contributed by atoms with Crippen LogP contribution in [0.1, 0.15) is 53.4 Å². The largest absolute Gasteiger partial charge is 0.481 e. The van der Waals surface area contributed by atoms with Gasteiger partial charge in [-0.15, -0.1) is 0 Å². The average molecular weight is 212 g/mol. The van der Waals surface area contributed by atoms with Crippen LogP contribution >= 0.6 is 0 Å². The summed E-state index contributed by atoms with van der Waals surface area (Å²) in [6.07, 6.45) is 8.92. The Balaban J connectivity index is 0.000000980.